The van der Waals surface area contributed by atoms with Gasteiger partial charge in [0.1, 0.15) is 6.10 Å². The topological polar surface area (TPSA) is 75.6 Å². The van der Waals surface area contributed by atoms with E-state index < -0.39 is 0 Å². The van der Waals surface area contributed by atoms with Crippen LogP contribution in [0.3, 0.4) is 0 Å². The normalized spacial score (nSPS) is 20.8. The fourth-order valence-electron chi connectivity index (χ4n) is 4.13. The summed E-state index contributed by atoms with van der Waals surface area (Å²) in [5.74, 6) is 0.261. The molecule has 27 heavy (non-hydrogen) atoms. The summed E-state index contributed by atoms with van der Waals surface area (Å²) in [6, 6.07) is 0. The summed E-state index contributed by atoms with van der Waals surface area (Å²) in [5.41, 5.74) is 1.81. The summed E-state index contributed by atoms with van der Waals surface area (Å²) in [4.78, 5) is 37.4. The molecule has 0 aliphatic carbocycles. The Balaban J connectivity index is 1.60. The summed E-state index contributed by atoms with van der Waals surface area (Å²) < 4.78 is 5.44. The lowest BCUT2D eigenvalue weighted by Crippen LogP contribution is -2.53. The molecule has 1 aromatic rings. The molecule has 0 unspecified atom stereocenters. The smallest absolute Gasteiger partial charge is 0.251 e. The van der Waals surface area contributed by atoms with Gasteiger partial charge in [-0.2, -0.15) is 0 Å². The van der Waals surface area contributed by atoms with Crippen molar-refractivity contribution >= 4 is 11.8 Å². The summed E-state index contributed by atoms with van der Waals surface area (Å²) in [6.07, 6.45) is 6.45. The highest BCUT2D eigenvalue weighted by Gasteiger charge is 2.42. The largest absolute Gasteiger partial charge is 0.369 e. The molecule has 3 heterocycles. The summed E-state index contributed by atoms with van der Waals surface area (Å²) in [7, 11) is 0. The number of carbonyl (C=O) groups is 2. The van der Waals surface area contributed by atoms with Crippen molar-refractivity contribution in [3.8, 4) is 0 Å². The number of likely N-dealkylation sites (tertiary alicyclic amines) is 2. The maximum atomic E-state index is 12.5. The second-order valence-corrected chi connectivity index (χ2v) is 7.82. The van der Waals surface area contributed by atoms with E-state index in [0.717, 1.165) is 50.3 Å². The van der Waals surface area contributed by atoms with Gasteiger partial charge in [0.15, 0.2) is 0 Å². The molecule has 7 nitrogen and oxygen atoms in total. The molecular weight excluding hydrogens is 344 g/mol. The number of amides is 2. The van der Waals surface area contributed by atoms with Gasteiger partial charge in [-0.1, -0.05) is 0 Å². The van der Waals surface area contributed by atoms with Crippen LogP contribution >= 0.6 is 0 Å². The van der Waals surface area contributed by atoms with Gasteiger partial charge in [0, 0.05) is 38.9 Å². The SMILES string of the molecule is CCO[C@@H](C)C(=O)N1CCC2(CCC(=O)N(Cc3cnc(C)cn3)C2)CC1. The van der Waals surface area contributed by atoms with Crippen LogP contribution in [-0.4, -0.2) is 63.9 Å². The van der Waals surface area contributed by atoms with Crippen LogP contribution in [0, 0.1) is 12.3 Å². The molecule has 2 amide bonds. The fraction of sp³-hybridized carbons (Fsp3) is 0.700. The first-order valence-electron chi connectivity index (χ1n) is 9.88. The first kappa shape index (κ1) is 19.7. The standard InChI is InChI=1S/C20H30N4O3/c1-4-27-16(3)19(26)23-9-7-20(8-10-23)6-5-18(25)24(14-20)13-17-12-21-15(2)11-22-17/h11-12,16H,4-10,13-14H2,1-3H3/t16-/m0/s1. The van der Waals surface area contributed by atoms with E-state index in [1.807, 2.05) is 30.6 Å². The van der Waals surface area contributed by atoms with Crippen molar-refractivity contribution in [3.63, 3.8) is 0 Å². The minimum absolute atomic E-state index is 0.0744. The van der Waals surface area contributed by atoms with Crippen LogP contribution in [0.25, 0.3) is 0 Å². The van der Waals surface area contributed by atoms with Crippen LogP contribution in [0.15, 0.2) is 12.4 Å². The molecule has 0 radical (unpaired) electrons. The third-order valence-electron chi connectivity index (χ3n) is 5.84. The van der Waals surface area contributed by atoms with Gasteiger partial charge in [-0.3, -0.25) is 19.6 Å². The van der Waals surface area contributed by atoms with E-state index in [4.69, 9.17) is 4.74 Å². The molecule has 0 aromatic carbocycles. The van der Waals surface area contributed by atoms with Crippen molar-refractivity contribution in [3.05, 3.63) is 23.8 Å². The Morgan fingerprint density at radius 1 is 1.26 bits per heavy atom. The van der Waals surface area contributed by atoms with Gasteiger partial charge < -0.3 is 14.5 Å². The molecule has 2 saturated heterocycles. The second kappa shape index (κ2) is 8.33. The Bertz CT molecular complexity index is 668. The minimum atomic E-state index is -0.381. The molecular formula is C20H30N4O3. The highest BCUT2D eigenvalue weighted by atomic mass is 16.5. The van der Waals surface area contributed by atoms with Crippen molar-refractivity contribution in [2.45, 2.75) is 59.1 Å². The average Bonchev–Trinajstić information content (AvgIpc) is 2.67. The van der Waals surface area contributed by atoms with Crippen LogP contribution in [0.2, 0.25) is 0 Å². The van der Waals surface area contributed by atoms with Gasteiger partial charge in [0.2, 0.25) is 5.91 Å². The fourth-order valence-corrected chi connectivity index (χ4v) is 4.13. The third-order valence-corrected chi connectivity index (χ3v) is 5.84. The van der Waals surface area contributed by atoms with E-state index in [0.29, 0.717) is 19.6 Å². The van der Waals surface area contributed by atoms with Gasteiger partial charge in [0.05, 0.1) is 24.1 Å². The van der Waals surface area contributed by atoms with Gasteiger partial charge in [-0.15, -0.1) is 0 Å². The van der Waals surface area contributed by atoms with E-state index in [-0.39, 0.29) is 23.3 Å². The summed E-state index contributed by atoms with van der Waals surface area (Å²) in [6.45, 7) is 8.90. The highest BCUT2D eigenvalue weighted by Crippen LogP contribution is 2.40. The van der Waals surface area contributed by atoms with Crippen molar-refractivity contribution in [1.82, 2.24) is 19.8 Å². The Morgan fingerprint density at radius 2 is 2.00 bits per heavy atom. The molecule has 1 aromatic heterocycles. The second-order valence-electron chi connectivity index (χ2n) is 7.82. The number of rotatable bonds is 5. The number of nitrogens with zero attached hydrogens (tertiary/aromatic N) is 4. The maximum Gasteiger partial charge on any atom is 0.251 e. The number of piperidine rings is 2. The molecule has 0 N–H and O–H groups in total. The van der Waals surface area contributed by atoms with Crippen molar-refractivity contribution < 1.29 is 14.3 Å². The molecule has 2 aliphatic heterocycles. The number of ether oxygens (including phenoxy) is 1. The van der Waals surface area contributed by atoms with E-state index in [9.17, 15) is 9.59 Å². The van der Waals surface area contributed by atoms with Crippen molar-refractivity contribution in [2.75, 3.05) is 26.2 Å². The van der Waals surface area contributed by atoms with Crippen molar-refractivity contribution in [2.24, 2.45) is 5.41 Å². The van der Waals surface area contributed by atoms with E-state index in [1.54, 1.807) is 12.4 Å². The molecule has 0 bridgehead atoms. The minimum Gasteiger partial charge on any atom is -0.369 e. The van der Waals surface area contributed by atoms with E-state index >= 15 is 0 Å². The van der Waals surface area contributed by atoms with E-state index in [1.165, 1.54) is 0 Å². The van der Waals surface area contributed by atoms with Gasteiger partial charge in [0.25, 0.3) is 5.91 Å². The van der Waals surface area contributed by atoms with Crippen molar-refractivity contribution in [1.29, 1.82) is 0 Å². The van der Waals surface area contributed by atoms with Crippen LogP contribution in [0.4, 0.5) is 0 Å². The Labute approximate surface area is 161 Å². The number of aromatic nitrogens is 2. The first-order chi connectivity index (χ1) is 12.9. The maximum absolute atomic E-state index is 12.5. The zero-order chi connectivity index (χ0) is 19.4. The number of aryl methyl sites for hydroxylation is 1. The molecule has 2 aliphatic rings. The number of hydrogen-bond acceptors (Lipinski definition) is 5. The number of carbonyl (C=O) groups excluding carboxylic acids is 2. The lowest BCUT2D eigenvalue weighted by molar-refractivity contribution is -0.148. The van der Waals surface area contributed by atoms with Crippen LogP contribution in [0.5, 0.6) is 0 Å². The average molecular weight is 374 g/mol. The Hall–Kier alpha value is -2.02. The molecule has 148 valence electrons. The van der Waals surface area contributed by atoms with E-state index in [2.05, 4.69) is 9.97 Å². The number of hydrogen-bond donors (Lipinski definition) is 0. The predicted molar refractivity (Wildman–Crippen MR) is 101 cm³/mol. The molecule has 2 fully saturated rings. The Kier molecular flexibility index (Phi) is 6.09. The highest BCUT2D eigenvalue weighted by molar-refractivity contribution is 5.80. The zero-order valence-electron chi connectivity index (χ0n) is 16.6. The lowest BCUT2D eigenvalue weighted by atomic mass is 9.72. The molecule has 3 rings (SSSR count). The summed E-state index contributed by atoms with van der Waals surface area (Å²) >= 11 is 0. The van der Waals surface area contributed by atoms with Crippen LogP contribution in [-0.2, 0) is 20.9 Å². The van der Waals surface area contributed by atoms with Crippen LogP contribution < -0.4 is 0 Å². The monoisotopic (exact) mass is 374 g/mol. The third kappa shape index (κ3) is 4.64. The Morgan fingerprint density at radius 3 is 2.63 bits per heavy atom. The van der Waals surface area contributed by atoms with Gasteiger partial charge in [-0.25, -0.2) is 0 Å². The van der Waals surface area contributed by atoms with Gasteiger partial charge >= 0.3 is 0 Å². The molecule has 1 spiro atoms. The quantitative estimate of drug-likeness (QED) is 0.787. The zero-order valence-corrected chi connectivity index (χ0v) is 16.6. The molecule has 7 heteroatoms. The predicted octanol–water partition coefficient (Wildman–Crippen LogP) is 1.94. The lowest BCUT2D eigenvalue weighted by Gasteiger charge is -2.47. The van der Waals surface area contributed by atoms with Crippen LogP contribution in [0.1, 0.15) is 50.9 Å². The summed E-state index contributed by atoms with van der Waals surface area (Å²) in [5, 5.41) is 0. The molecule has 1 atom stereocenters. The molecule has 0 saturated carbocycles. The first-order valence-corrected chi connectivity index (χ1v) is 9.88. The van der Waals surface area contributed by atoms with Gasteiger partial charge in [-0.05, 0) is 45.4 Å².